The average Bonchev–Trinajstić information content (AvgIpc) is 3.04. The van der Waals surface area contributed by atoms with Crippen LogP contribution in [-0.2, 0) is 4.79 Å². The number of nitrogens with one attached hydrogen (secondary N) is 1. The highest BCUT2D eigenvalue weighted by atomic mass is 32.1. The highest BCUT2D eigenvalue weighted by Crippen LogP contribution is 2.27. The van der Waals surface area contributed by atoms with E-state index >= 15 is 0 Å². The fourth-order valence-corrected chi connectivity index (χ4v) is 3.96. The summed E-state index contributed by atoms with van der Waals surface area (Å²) in [4.78, 5) is 18.3. The van der Waals surface area contributed by atoms with Crippen LogP contribution in [0.5, 0.6) is 0 Å². The number of halogens is 1. The van der Waals surface area contributed by atoms with Crippen LogP contribution in [0.2, 0.25) is 0 Å². The standard InChI is InChI=1S/C16H20FN3O2S/c1-20(8-10-3-2-4-13(10)21)9-15(22)19-16-18-12-6-5-11(17)7-14(12)23-16/h5-7,10,13,21H,2-4,8-9H2,1H3,(H,18,19,22). The van der Waals surface area contributed by atoms with Gasteiger partial charge in [-0.05, 0) is 44.0 Å². The Kier molecular flexibility index (Phi) is 4.89. The van der Waals surface area contributed by atoms with E-state index in [9.17, 15) is 14.3 Å². The normalized spacial score (nSPS) is 21.2. The maximum Gasteiger partial charge on any atom is 0.240 e. The number of fused-ring (bicyclic) bond motifs is 1. The van der Waals surface area contributed by atoms with Gasteiger partial charge >= 0.3 is 0 Å². The van der Waals surface area contributed by atoms with Crippen LogP contribution in [0.3, 0.4) is 0 Å². The SMILES string of the molecule is CN(CC(=O)Nc1nc2ccc(F)cc2s1)CC1CCCC1O. The molecule has 3 rings (SSSR count). The molecule has 1 aliphatic carbocycles. The lowest BCUT2D eigenvalue weighted by atomic mass is 10.1. The van der Waals surface area contributed by atoms with Crippen LogP contribution in [0.25, 0.3) is 10.2 Å². The molecule has 0 aliphatic heterocycles. The van der Waals surface area contributed by atoms with E-state index in [0.717, 1.165) is 19.3 Å². The van der Waals surface area contributed by atoms with E-state index in [1.807, 2.05) is 11.9 Å². The van der Waals surface area contributed by atoms with Crippen LogP contribution in [0.15, 0.2) is 18.2 Å². The lowest BCUT2D eigenvalue weighted by Gasteiger charge is -2.22. The molecular weight excluding hydrogens is 317 g/mol. The number of likely N-dealkylation sites (N-methyl/N-ethyl adjacent to an activating group) is 1. The zero-order chi connectivity index (χ0) is 16.4. The monoisotopic (exact) mass is 337 g/mol. The van der Waals surface area contributed by atoms with E-state index in [1.54, 1.807) is 6.07 Å². The van der Waals surface area contributed by atoms with Crippen molar-refractivity contribution in [2.45, 2.75) is 25.4 Å². The minimum absolute atomic E-state index is 0.153. The number of aromatic nitrogens is 1. The van der Waals surface area contributed by atoms with Crippen molar-refractivity contribution in [2.24, 2.45) is 5.92 Å². The van der Waals surface area contributed by atoms with Gasteiger partial charge in [-0.3, -0.25) is 9.69 Å². The van der Waals surface area contributed by atoms with Gasteiger partial charge in [0.25, 0.3) is 0 Å². The van der Waals surface area contributed by atoms with Crippen LogP contribution in [0, 0.1) is 11.7 Å². The molecule has 2 atom stereocenters. The van der Waals surface area contributed by atoms with Gasteiger partial charge in [0.1, 0.15) is 5.82 Å². The second-order valence-electron chi connectivity index (χ2n) is 6.13. The summed E-state index contributed by atoms with van der Waals surface area (Å²) in [6.07, 6.45) is 2.66. The molecule has 2 aromatic rings. The first-order valence-electron chi connectivity index (χ1n) is 7.74. The van der Waals surface area contributed by atoms with E-state index in [0.29, 0.717) is 21.9 Å². The average molecular weight is 337 g/mol. The lowest BCUT2D eigenvalue weighted by Crippen LogP contribution is -2.35. The maximum absolute atomic E-state index is 13.2. The molecule has 0 saturated heterocycles. The van der Waals surface area contributed by atoms with Gasteiger partial charge in [-0.15, -0.1) is 0 Å². The summed E-state index contributed by atoms with van der Waals surface area (Å²) >= 11 is 1.26. The van der Waals surface area contributed by atoms with Gasteiger partial charge in [-0.1, -0.05) is 17.8 Å². The molecule has 7 heteroatoms. The van der Waals surface area contributed by atoms with E-state index in [4.69, 9.17) is 0 Å². The van der Waals surface area contributed by atoms with E-state index < -0.39 is 0 Å². The molecule has 1 aliphatic rings. The van der Waals surface area contributed by atoms with Gasteiger partial charge in [0.05, 0.1) is 22.9 Å². The summed E-state index contributed by atoms with van der Waals surface area (Å²) in [5, 5.41) is 13.1. The summed E-state index contributed by atoms with van der Waals surface area (Å²) in [6.45, 7) is 0.952. The third kappa shape index (κ3) is 4.04. The number of hydrogen-bond donors (Lipinski definition) is 2. The molecule has 1 fully saturated rings. The van der Waals surface area contributed by atoms with Gasteiger partial charge < -0.3 is 10.4 Å². The van der Waals surface area contributed by atoms with Crippen LogP contribution >= 0.6 is 11.3 Å². The number of aliphatic hydroxyl groups excluding tert-OH is 1. The Labute approximate surface area is 138 Å². The van der Waals surface area contributed by atoms with E-state index in [2.05, 4.69) is 10.3 Å². The Morgan fingerprint density at radius 3 is 3.09 bits per heavy atom. The zero-order valence-electron chi connectivity index (χ0n) is 13.0. The van der Waals surface area contributed by atoms with E-state index in [-0.39, 0.29) is 30.3 Å². The second kappa shape index (κ2) is 6.90. The Bertz CT molecular complexity index is 706. The highest BCUT2D eigenvalue weighted by Gasteiger charge is 2.26. The number of benzene rings is 1. The summed E-state index contributed by atoms with van der Waals surface area (Å²) in [7, 11) is 1.87. The fraction of sp³-hybridized carbons (Fsp3) is 0.500. The van der Waals surface area contributed by atoms with Crippen molar-refractivity contribution in [3.63, 3.8) is 0 Å². The van der Waals surface area contributed by atoms with Gasteiger partial charge in [0, 0.05) is 6.54 Å². The number of hydrogen-bond acceptors (Lipinski definition) is 5. The summed E-state index contributed by atoms with van der Waals surface area (Å²) < 4.78 is 13.9. The van der Waals surface area contributed by atoms with Crippen molar-refractivity contribution < 1.29 is 14.3 Å². The van der Waals surface area contributed by atoms with Crippen molar-refractivity contribution in [1.29, 1.82) is 0 Å². The largest absolute Gasteiger partial charge is 0.393 e. The van der Waals surface area contributed by atoms with E-state index in [1.165, 1.54) is 23.5 Å². The van der Waals surface area contributed by atoms with Gasteiger partial charge in [-0.25, -0.2) is 9.37 Å². The van der Waals surface area contributed by atoms with Crippen LogP contribution in [-0.4, -0.2) is 47.1 Å². The number of thiazole rings is 1. The van der Waals surface area contributed by atoms with Gasteiger partial charge in [0.15, 0.2) is 5.13 Å². The molecule has 0 bridgehead atoms. The van der Waals surface area contributed by atoms with Crippen LogP contribution in [0.4, 0.5) is 9.52 Å². The predicted molar refractivity (Wildman–Crippen MR) is 89.1 cm³/mol. The maximum atomic E-state index is 13.2. The summed E-state index contributed by atoms with van der Waals surface area (Å²) in [5.41, 5.74) is 0.675. The first-order chi connectivity index (χ1) is 11.0. The van der Waals surface area contributed by atoms with Crippen molar-refractivity contribution in [3.05, 3.63) is 24.0 Å². The summed E-state index contributed by atoms with van der Waals surface area (Å²) in [6, 6.07) is 4.37. The summed E-state index contributed by atoms with van der Waals surface area (Å²) in [5.74, 6) is -0.216. The number of anilines is 1. The van der Waals surface area contributed by atoms with Gasteiger partial charge in [0.2, 0.25) is 5.91 Å². The number of amides is 1. The Morgan fingerprint density at radius 1 is 1.52 bits per heavy atom. The smallest absolute Gasteiger partial charge is 0.240 e. The third-order valence-electron chi connectivity index (χ3n) is 4.18. The van der Waals surface area contributed by atoms with Crippen molar-refractivity contribution in [2.75, 3.05) is 25.5 Å². The molecule has 1 aromatic carbocycles. The lowest BCUT2D eigenvalue weighted by molar-refractivity contribution is -0.117. The van der Waals surface area contributed by atoms with Gasteiger partial charge in [-0.2, -0.15) is 0 Å². The Balaban J connectivity index is 1.55. The number of aliphatic hydroxyl groups is 1. The van der Waals surface area contributed by atoms with Crippen molar-refractivity contribution in [1.82, 2.24) is 9.88 Å². The topological polar surface area (TPSA) is 65.5 Å². The molecule has 124 valence electrons. The molecule has 1 heterocycles. The molecule has 2 N–H and O–H groups in total. The number of nitrogens with zero attached hydrogens (tertiary/aromatic N) is 2. The minimum Gasteiger partial charge on any atom is -0.393 e. The number of carbonyl (C=O) groups is 1. The van der Waals surface area contributed by atoms with Crippen molar-refractivity contribution in [3.8, 4) is 0 Å². The molecule has 0 radical (unpaired) electrons. The molecule has 0 spiro atoms. The van der Waals surface area contributed by atoms with Crippen molar-refractivity contribution >= 4 is 32.6 Å². The number of carbonyl (C=O) groups excluding carboxylic acids is 1. The molecular formula is C16H20FN3O2S. The molecule has 1 aromatic heterocycles. The first-order valence-corrected chi connectivity index (χ1v) is 8.55. The van der Waals surface area contributed by atoms with Crippen LogP contribution in [0.1, 0.15) is 19.3 Å². The molecule has 1 amide bonds. The quantitative estimate of drug-likeness (QED) is 0.880. The van der Waals surface area contributed by atoms with Crippen LogP contribution < -0.4 is 5.32 Å². The number of rotatable bonds is 5. The molecule has 5 nitrogen and oxygen atoms in total. The Morgan fingerprint density at radius 2 is 2.35 bits per heavy atom. The highest BCUT2D eigenvalue weighted by molar-refractivity contribution is 7.22. The second-order valence-corrected chi connectivity index (χ2v) is 7.16. The molecule has 1 saturated carbocycles. The first kappa shape index (κ1) is 16.3. The molecule has 2 unspecified atom stereocenters. The zero-order valence-corrected chi connectivity index (χ0v) is 13.8. The molecule has 23 heavy (non-hydrogen) atoms. The minimum atomic E-state index is -0.311. The predicted octanol–water partition coefficient (Wildman–Crippen LogP) is 2.47. The third-order valence-corrected chi connectivity index (χ3v) is 5.11. The fourth-order valence-electron chi connectivity index (χ4n) is 3.05. The Hall–Kier alpha value is -1.57.